The number of aryl methyl sites for hydroxylation is 1. The Balaban J connectivity index is 1.76. The fraction of sp³-hybridized carbons (Fsp3) is 0.615. The standard InChI is InChI=1S/C13H18ClN5O/c1-18-13-10(6-15-18)12(14)16-11(17-13)8-19-4-2-9(7-19)3-5-20/h6,9,20H,2-5,7-8H2,1H3. The highest BCUT2D eigenvalue weighted by molar-refractivity contribution is 6.33. The molecule has 0 aliphatic carbocycles. The third-order valence-electron chi connectivity index (χ3n) is 3.86. The van der Waals surface area contributed by atoms with E-state index in [1.807, 2.05) is 7.05 Å². The van der Waals surface area contributed by atoms with Crippen molar-refractivity contribution >= 4 is 22.6 Å². The van der Waals surface area contributed by atoms with Crippen LogP contribution in [-0.4, -0.2) is 49.5 Å². The maximum absolute atomic E-state index is 8.99. The number of fused-ring (bicyclic) bond motifs is 1. The van der Waals surface area contributed by atoms with Crippen LogP contribution in [0.1, 0.15) is 18.7 Å². The molecule has 7 heteroatoms. The van der Waals surface area contributed by atoms with Crippen molar-refractivity contribution in [3.05, 3.63) is 17.2 Å². The first-order valence-corrected chi connectivity index (χ1v) is 7.22. The summed E-state index contributed by atoms with van der Waals surface area (Å²) < 4.78 is 1.71. The van der Waals surface area contributed by atoms with Gasteiger partial charge < -0.3 is 5.11 Å². The Morgan fingerprint density at radius 1 is 1.45 bits per heavy atom. The van der Waals surface area contributed by atoms with Crippen LogP contribution >= 0.6 is 11.6 Å². The number of nitrogens with zero attached hydrogens (tertiary/aromatic N) is 5. The average molecular weight is 296 g/mol. The molecule has 3 rings (SSSR count). The number of aliphatic hydroxyl groups is 1. The Morgan fingerprint density at radius 2 is 2.30 bits per heavy atom. The van der Waals surface area contributed by atoms with Crippen molar-refractivity contribution in [2.45, 2.75) is 19.4 Å². The van der Waals surface area contributed by atoms with Gasteiger partial charge in [0, 0.05) is 20.2 Å². The van der Waals surface area contributed by atoms with E-state index in [0.29, 0.717) is 17.6 Å². The molecule has 2 aromatic rings. The molecule has 3 heterocycles. The van der Waals surface area contributed by atoms with Crippen LogP contribution in [0.2, 0.25) is 5.15 Å². The maximum atomic E-state index is 8.99. The molecular weight excluding hydrogens is 278 g/mol. The van der Waals surface area contributed by atoms with E-state index in [1.54, 1.807) is 10.9 Å². The summed E-state index contributed by atoms with van der Waals surface area (Å²) in [7, 11) is 1.85. The predicted octanol–water partition coefficient (Wildman–Crippen LogP) is 1.22. The zero-order valence-corrected chi connectivity index (χ0v) is 12.2. The lowest BCUT2D eigenvalue weighted by atomic mass is 10.1. The van der Waals surface area contributed by atoms with Gasteiger partial charge in [-0.25, -0.2) is 9.97 Å². The summed E-state index contributed by atoms with van der Waals surface area (Å²) in [6, 6.07) is 0. The fourth-order valence-corrected chi connectivity index (χ4v) is 3.01. The van der Waals surface area contributed by atoms with Gasteiger partial charge in [-0.15, -0.1) is 0 Å². The number of halogens is 1. The molecule has 0 radical (unpaired) electrons. The molecule has 6 nitrogen and oxygen atoms in total. The molecule has 1 atom stereocenters. The van der Waals surface area contributed by atoms with Gasteiger partial charge in [-0.05, 0) is 25.3 Å². The van der Waals surface area contributed by atoms with Crippen molar-refractivity contribution in [1.29, 1.82) is 0 Å². The normalized spacial score (nSPS) is 20.1. The van der Waals surface area contributed by atoms with Crippen LogP contribution in [0.4, 0.5) is 0 Å². The molecule has 0 spiro atoms. The van der Waals surface area contributed by atoms with Crippen LogP contribution in [-0.2, 0) is 13.6 Å². The summed E-state index contributed by atoms with van der Waals surface area (Å²) in [6.07, 6.45) is 3.69. The average Bonchev–Trinajstić information content (AvgIpc) is 2.99. The molecular formula is C13H18ClN5O. The summed E-state index contributed by atoms with van der Waals surface area (Å²) in [5, 5.41) is 14.4. The van der Waals surface area contributed by atoms with Crippen molar-refractivity contribution in [1.82, 2.24) is 24.6 Å². The van der Waals surface area contributed by atoms with E-state index in [2.05, 4.69) is 20.0 Å². The maximum Gasteiger partial charge on any atom is 0.162 e. The van der Waals surface area contributed by atoms with E-state index in [1.165, 1.54) is 0 Å². The third kappa shape index (κ3) is 2.63. The molecule has 20 heavy (non-hydrogen) atoms. The Bertz CT molecular complexity index is 614. The third-order valence-corrected chi connectivity index (χ3v) is 4.15. The molecule has 108 valence electrons. The summed E-state index contributed by atoms with van der Waals surface area (Å²) in [5.74, 6) is 1.31. The molecule has 0 amide bonds. The van der Waals surface area contributed by atoms with E-state index in [-0.39, 0.29) is 6.61 Å². The molecule has 0 saturated carbocycles. The van der Waals surface area contributed by atoms with Crippen LogP contribution in [0.3, 0.4) is 0 Å². The molecule has 0 aromatic carbocycles. The second-order valence-electron chi connectivity index (χ2n) is 5.34. The molecule has 1 aliphatic rings. The Labute approximate surface area is 122 Å². The number of hydrogen-bond acceptors (Lipinski definition) is 5. The molecule has 1 aliphatic heterocycles. The largest absolute Gasteiger partial charge is 0.396 e. The first kappa shape index (κ1) is 13.7. The van der Waals surface area contributed by atoms with E-state index >= 15 is 0 Å². The van der Waals surface area contributed by atoms with Gasteiger partial charge in [0.2, 0.25) is 0 Å². The number of aliphatic hydroxyl groups excluding tert-OH is 1. The summed E-state index contributed by atoms with van der Waals surface area (Å²) in [5.41, 5.74) is 0.770. The molecule has 2 aromatic heterocycles. The van der Waals surface area contributed by atoms with E-state index in [0.717, 1.165) is 42.8 Å². The number of rotatable bonds is 4. The zero-order valence-electron chi connectivity index (χ0n) is 11.5. The molecule has 0 bridgehead atoms. The molecule has 1 N–H and O–H groups in total. The fourth-order valence-electron chi connectivity index (χ4n) is 2.78. The predicted molar refractivity (Wildman–Crippen MR) is 76.4 cm³/mol. The van der Waals surface area contributed by atoms with Crippen molar-refractivity contribution in [3.8, 4) is 0 Å². The van der Waals surface area contributed by atoms with Crippen molar-refractivity contribution < 1.29 is 5.11 Å². The van der Waals surface area contributed by atoms with Crippen molar-refractivity contribution in [3.63, 3.8) is 0 Å². The van der Waals surface area contributed by atoms with Gasteiger partial charge in [-0.3, -0.25) is 9.58 Å². The quantitative estimate of drug-likeness (QED) is 0.859. The lowest BCUT2D eigenvalue weighted by molar-refractivity contribution is 0.248. The lowest BCUT2D eigenvalue weighted by Crippen LogP contribution is -2.22. The van der Waals surface area contributed by atoms with E-state index in [9.17, 15) is 0 Å². The first-order chi connectivity index (χ1) is 9.67. The van der Waals surface area contributed by atoms with Gasteiger partial charge >= 0.3 is 0 Å². The molecule has 1 saturated heterocycles. The number of aromatic nitrogens is 4. The topological polar surface area (TPSA) is 67.1 Å². The Morgan fingerprint density at radius 3 is 3.10 bits per heavy atom. The summed E-state index contributed by atoms with van der Waals surface area (Å²) in [4.78, 5) is 11.2. The van der Waals surface area contributed by atoms with Gasteiger partial charge in [0.05, 0.1) is 18.1 Å². The van der Waals surface area contributed by atoms with Gasteiger partial charge in [0.25, 0.3) is 0 Å². The first-order valence-electron chi connectivity index (χ1n) is 6.84. The van der Waals surface area contributed by atoms with Gasteiger partial charge in [0.1, 0.15) is 11.0 Å². The summed E-state index contributed by atoms with van der Waals surface area (Å²) in [6.45, 7) is 2.98. The minimum atomic E-state index is 0.266. The SMILES string of the molecule is Cn1ncc2c(Cl)nc(CN3CCC(CCO)C3)nc21. The second kappa shape index (κ2) is 5.63. The highest BCUT2D eigenvalue weighted by Crippen LogP contribution is 2.23. The lowest BCUT2D eigenvalue weighted by Gasteiger charge is -2.14. The molecule has 1 fully saturated rings. The zero-order chi connectivity index (χ0) is 14.1. The number of likely N-dealkylation sites (tertiary alicyclic amines) is 1. The monoisotopic (exact) mass is 295 g/mol. The van der Waals surface area contributed by atoms with Gasteiger partial charge in [0.15, 0.2) is 5.65 Å². The van der Waals surface area contributed by atoms with Crippen LogP contribution in [0, 0.1) is 5.92 Å². The highest BCUT2D eigenvalue weighted by atomic mass is 35.5. The van der Waals surface area contributed by atoms with E-state index in [4.69, 9.17) is 16.7 Å². The number of hydrogen-bond donors (Lipinski definition) is 1. The smallest absolute Gasteiger partial charge is 0.162 e. The van der Waals surface area contributed by atoms with Crippen molar-refractivity contribution in [2.75, 3.05) is 19.7 Å². The van der Waals surface area contributed by atoms with Crippen LogP contribution < -0.4 is 0 Å². The van der Waals surface area contributed by atoms with Crippen LogP contribution in [0.25, 0.3) is 11.0 Å². The van der Waals surface area contributed by atoms with Gasteiger partial charge in [-0.2, -0.15) is 5.10 Å². The molecule has 1 unspecified atom stereocenters. The van der Waals surface area contributed by atoms with Crippen LogP contribution in [0.5, 0.6) is 0 Å². The second-order valence-corrected chi connectivity index (χ2v) is 5.70. The Hall–Kier alpha value is -1.24. The van der Waals surface area contributed by atoms with Crippen molar-refractivity contribution in [2.24, 2.45) is 13.0 Å². The minimum Gasteiger partial charge on any atom is -0.396 e. The van der Waals surface area contributed by atoms with Gasteiger partial charge in [-0.1, -0.05) is 11.6 Å². The minimum absolute atomic E-state index is 0.266. The Kier molecular flexibility index (Phi) is 3.87. The van der Waals surface area contributed by atoms with E-state index < -0.39 is 0 Å². The summed E-state index contributed by atoms with van der Waals surface area (Å²) >= 11 is 6.18. The highest BCUT2D eigenvalue weighted by Gasteiger charge is 2.23. The van der Waals surface area contributed by atoms with Crippen LogP contribution in [0.15, 0.2) is 6.20 Å².